The maximum absolute atomic E-state index is 12.5. The molecule has 1 unspecified atom stereocenters. The number of para-hydroxylation sites is 1. The Kier molecular flexibility index (Phi) is 5.74. The molecule has 0 saturated carbocycles. The third-order valence-corrected chi connectivity index (χ3v) is 5.55. The summed E-state index contributed by atoms with van der Waals surface area (Å²) >= 11 is 0. The van der Waals surface area contributed by atoms with Crippen LogP contribution in [0.25, 0.3) is 10.9 Å². The van der Waals surface area contributed by atoms with Gasteiger partial charge in [0, 0.05) is 12.0 Å². The molecule has 6 nitrogen and oxygen atoms in total. The molecular formula is C24H24N2O4. The lowest BCUT2D eigenvalue weighted by atomic mass is 9.89. The fourth-order valence-electron chi connectivity index (χ4n) is 3.88. The Bertz CT molecular complexity index is 1170. The van der Waals surface area contributed by atoms with Gasteiger partial charge >= 0.3 is 5.97 Å². The van der Waals surface area contributed by atoms with Gasteiger partial charge in [0.2, 0.25) is 0 Å². The number of carbonyl (C=O) groups excluding carboxylic acids is 2. The number of aromatic nitrogens is 2. The Morgan fingerprint density at radius 3 is 2.67 bits per heavy atom. The number of aryl methyl sites for hydroxylation is 2. The molecule has 4 rings (SSSR count). The lowest BCUT2D eigenvalue weighted by molar-refractivity contribution is -0.148. The predicted molar refractivity (Wildman–Crippen MR) is 114 cm³/mol. The quantitative estimate of drug-likeness (QED) is 0.494. The Morgan fingerprint density at radius 2 is 1.83 bits per heavy atom. The van der Waals surface area contributed by atoms with Gasteiger partial charge < -0.3 is 9.72 Å². The van der Waals surface area contributed by atoms with Gasteiger partial charge in [0.25, 0.3) is 5.56 Å². The lowest BCUT2D eigenvalue weighted by Gasteiger charge is -2.16. The van der Waals surface area contributed by atoms with Crippen LogP contribution in [0.5, 0.6) is 0 Å². The number of rotatable bonds is 6. The maximum Gasteiger partial charge on any atom is 0.306 e. The van der Waals surface area contributed by atoms with Crippen molar-refractivity contribution in [2.24, 2.45) is 0 Å². The topological polar surface area (TPSA) is 89.1 Å². The molecule has 1 aliphatic carbocycles. The van der Waals surface area contributed by atoms with E-state index >= 15 is 0 Å². The standard InChI is InChI=1S/C24H24N2O4/c1-15(23-25-20-9-5-4-8-19(20)24(29)26-23)30-22(28)13-12-21(27)18-11-10-16-6-2-3-7-17(16)14-18/h4-5,8-11,14-15H,2-3,6-7,12-13H2,1H3,(H,25,26,29). The number of fused-ring (bicyclic) bond motifs is 2. The van der Waals surface area contributed by atoms with Crippen molar-refractivity contribution in [3.05, 3.63) is 75.3 Å². The van der Waals surface area contributed by atoms with E-state index in [1.165, 1.54) is 17.5 Å². The van der Waals surface area contributed by atoms with Crippen molar-refractivity contribution in [3.63, 3.8) is 0 Å². The van der Waals surface area contributed by atoms with Crippen molar-refractivity contribution in [2.75, 3.05) is 0 Å². The smallest absolute Gasteiger partial charge is 0.306 e. The highest BCUT2D eigenvalue weighted by Gasteiger charge is 2.18. The normalized spacial score (nSPS) is 14.2. The number of aromatic amines is 1. The number of Topliss-reactive ketones (excluding diaryl/α,β-unsaturated/α-hetero) is 1. The fourth-order valence-corrected chi connectivity index (χ4v) is 3.88. The molecule has 0 amide bonds. The third kappa shape index (κ3) is 4.32. The number of esters is 1. The first-order valence-corrected chi connectivity index (χ1v) is 10.3. The van der Waals surface area contributed by atoms with Gasteiger partial charge in [-0.05, 0) is 61.9 Å². The van der Waals surface area contributed by atoms with E-state index in [2.05, 4.69) is 9.97 Å². The van der Waals surface area contributed by atoms with Crippen molar-refractivity contribution in [1.82, 2.24) is 9.97 Å². The van der Waals surface area contributed by atoms with Gasteiger partial charge in [-0.2, -0.15) is 0 Å². The number of carbonyl (C=O) groups is 2. The molecule has 0 fully saturated rings. The first-order valence-electron chi connectivity index (χ1n) is 10.3. The summed E-state index contributed by atoms with van der Waals surface area (Å²) in [5.41, 5.74) is 3.48. The van der Waals surface area contributed by atoms with Crippen LogP contribution in [0.4, 0.5) is 0 Å². The summed E-state index contributed by atoms with van der Waals surface area (Å²) in [5.74, 6) is -0.275. The highest BCUT2D eigenvalue weighted by molar-refractivity contribution is 5.97. The molecule has 1 heterocycles. The first kappa shape index (κ1) is 20.0. The van der Waals surface area contributed by atoms with Gasteiger partial charge in [-0.1, -0.05) is 24.3 Å². The number of benzene rings is 2. The van der Waals surface area contributed by atoms with Crippen LogP contribution < -0.4 is 5.56 Å². The summed E-state index contributed by atoms with van der Waals surface area (Å²) in [4.78, 5) is 44.0. The molecule has 0 bridgehead atoms. The van der Waals surface area contributed by atoms with E-state index in [1.807, 2.05) is 18.2 Å². The molecule has 154 valence electrons. The summed E-state index contributed by atoms with van der Waals surface area (Å²) in [7, 11) is 0. The summed E-state index contributed by atoms with van der Waals surface area (Å²) in [5, 5.41) is 0.482. The highest BCUT2D eigenvalue weighted by atomic mass is 16.5. The van der Waals surface area contributed by atoms with Gasteiger partial charge in [0.15, 0.2) is 17.7 Å². The second-order valence-corrected chi connectivity index (χ2v) is 7.71. The second-order valence-electron chi connectivity index (χ2n) is 7.71. The number of hydrogen-bond acceptors (Lipinski definition) is 5. The van der Waals surface area contributed by atoms with Gasteiger partial charge in [-0.3, -0.25) is 14.4 Å². The Balaban J connectivity index is 1.36. The Labute approximate surface area is 174 Å². The molecule has 0 spiro atoms. The average molecular weight is 404 g/mol. The van der Waals surface area contributed by atoms with Gasteiger partial charge in [-0.15, -0.1) is 0 Å². The van der Waals surface area contributed by atoms with Crippen molar-refractivity contribution in [1.29, 1.82) is 0 Å². The third-order valence-electron chi connectivity index (χ3n) is 5.55. The van der Waals surface area contributed by atoms with Gasteiger partial charge in [-0.25, -0.2) is 4.98 Å². The molecular weight excluding hydrogens is 380 g/mol. The van der Waals surface area contributed by atoms with E-state index in [0.717, 1.165) is 19.3 Å². The van der Waals surface area contributed by atoms with E-state index < -0.39 is 12.1 Å². The summed E-state index contributed by atoms with van der Waals surface area (Å²) in [6.07, 6.45) is 3.78. The zero-order valence-electron chi connectivity index (χ0n) is 16.9. The lowest BCUT2D eigenvalue weighted by Crippen LogP contribution is -2.17. The van der Waals surface area contributed by atoms with Crippen molar-refractivity contribution >= 4 is 22.7 Å². The summed E-state index contributed by atoms with van der Waals surface area (Å²) in [6, 6.07) is 12.8. The first-order chi connectivity index (χ1) is 14.5. The second kappa shape index (κ2) is 8.61. The average Bonchev–Trinajstić information content (AvgIpc) is 2.77. The maximum atomic E-state index is 12.5. The minimum absolute atomic E-state index is 0.0158. The minimum Gasteiger partial charge on any atom is -0.454 e. The zero-order valence-corrected chi connectivity index (χ0v) is 16.9. The van der Waals surface area contributed by atoms with E-state index in [4.69, 9.17) is 4.74 Å². The predicted octanol–water partition coefficient (Wildman–Crippen LogP) is 4.07. The van der Waals surface area contributed by atoms with Crippen LogP contribution in [0, 0.1) is 0 Å². The van der Waals surface area contributed by atoms with Crippen LogP contribution in [0.15, 0.2) is 47.3 Å². The highest BCUT2D eigenvalue weighted by Crippen LogP contribution is 2.23. The number of nitrogens with one attached hydrogen (secondary N) is 1. The van der Waals surface area contributed by atoms with Crippen LogP contribution in [0.1, 0.15) is 66.0 Å². The van der Waals surface area contributed by atoms with Gasteiger partial charge in [0.05, 0.1) is 17.3 Å². The number of ketones is 1. The molecule has 1 aromatic heterocycles. The van der Waals surface area contributed by atoms with E-state index in [0.29, 0.717) is 16.5 Å². The number of ether oxygens (including phenoxy) is 1. The van der Waals surface area contributed by atoms with Crippen LogP contribution in [0.2, 0.25) is 0 Å². The van der Waals surface area contributed by atoms with Crippen molar-refractivity contribution in [2.45, 2.75) is 51.6 Å². The van der Waals surface area contributed by atoms with E-state index in [1.54, 1.807) is 31.2 Å². The molecule has 3 aromatic rings. The number of H-pyrrole nitrogens is 1. The van der Waals surface area contributed by atoms with E-state index in [-0.39, 0.29) is 30.0 Å². The molecule has 30 heavy (non-hydrogen) atoms. The van der Waals surface area contributed by atoms with Crippen LogP contribution in [0.3, 0.4) is 0 Å². The SMILES string of the molecule is CC(OC(=O)CCC(=O)c1ccc2c(c1)CCCC2)c1nc2ccccc2c(=O)[nH]1. The largest absolute Gasteiger partial charge is 0.454 e. The summed E-state index contributed by atoms with van der Waals surface area (Å²) < 4.78 is 5.39. The zero-order chi connectivity index (χ0) is 21.1. The molecule has 6 heteroatoms. The van der Waals surface area contributed by atoms with E-state index in [9.17, 15) is 14.4 Å². The Hall–Kier alpha value is -3.28. The summed E-state index contributed by atoms with van der Waals surface area (Å²) in [6.45, 7) is 1.65. The molecule has 0 aliphatic heterocycles. The molecule has 0 radical (unpaired) electrons. The Morgan fingerprint density at radius 1 is 1.07 bits per heavy atom. The van der Waals surface area contributed by atoms with Gasteiger partial charge in [0.1, 0.15) is 0 Å². The molecule has 1 aliphatic rings. The molecule has 1 N–H and O–H groups in total. The fraction of sp³-hybridized carbons (Fsp3) is 0.333. The van der Waals surface area contributed by atoms with Crippen LogP contribution in [-0.4, -0.2) is 21.7 Å². The van der Waals surface area contributed by atoms with Crippen LogP contribution in [-0.2, 0) is 22.4 Å². The van der Waals surface area contributed by atoms with Crippen LogP contribution >= 0.6 is 0 Å². The number of hydrogen-bond donors (Lipinski definition) is 1. The molecule has 1 atom stereocenters. The van der Waals surface area contributed by atoms with Crippen molar-refractivity contribution in [3.8, 4) is 0 Å². The minimum atomic E-state index is -0.714. The van der Waals surface area contributed by atoms with Crippen molar-refractivity contribution < 1.29 is 14.3 Å². The molecule has 0 saturated heterocycles. The molecule has 2 aromatic carbocycles. The number of nitrogens with zero attached hydrogens (tertiary/aromatic N) is 1. The monoisotopic (exact) mass is 404 g/mol.